The van der Waals surface area contributed by atoms with Gasteiger partial charge < -0.3 is 15.9 Å². The summed E-state index contributed by atoms with van der Waals surface area (Å²) in [6, 6.07) is 4.78. The molecule has 0 spiro atoms. The summed E-state index contributed by atoms with van der Waals surface area (Å²) in [6.45, 7) is 1.73. The molecule has 1 rings (SSSR count). The maximum atomic E-state index is 9.48. The minimum Gasteiger partial charge on any atom is -0.397 e. The zero-order valence-corrected chi connectivity index (χ0v) is 7.68. The van der Waals surface area contributed by atoms with Crippen LogP contribution in [0.25, 0.3) is 0 Å². The average Bonchev–Trinajstić information content (AvgIpc) is 2.19. The van der Waals surface area contributed by atoms with E-state index in [0.717, 1.165) is 0 Å². The van der Waals surface area contributed by atoms with Crippen LogP contribution in [0.15, 0.2) is 12.1 Å². The number of rotatable bonds is 2. The van der Waals surface area contributed by atoms with Crippen molar-refractivity contribution in [1.29, 1.82) is 5.26 Å². The number of aromatic nitrogens is 1. The first-order valence-corrected chi connectivity index (χ1v) is 4.05. The zero-order chi connectivity index (χ0) is 10.7. The lowest BCUT2D eigenvalue weighted by molar-refractivity contribution is 0.0503. The molecule has 0 aliphatic carbocycles. The molecule has 0 saturated heterocycles. The second-order valence-corrected chi connectivity index (χ2v) is 2.95. The highest BCUT2D eigenvalue weighted by Crippen LogP contribution is 2.20. The lowest BCUT2D eigenvalue weighted by Gasteiger charge is -2.13. The molecular weight excluding hydrogens is 182 g/mol. The largest absolute Gasteiger partial charge is 0.397 e. The van der Waals surface area contributed by atoms with Gasteiger partial charge in [0.2, 0.25) is 0 Å². The van der Waals surface area contributed by atoms with Crippen molar-refractivity contribution in [1.82, 2.24) is 4.98 Å². The molecule has 2 unspecified atom stereocenters. The Balaban J connectivity index is 3.07. The second-order valence-electron chi connectivity index (χ2n) is 2.95. The molecule has 5 nitrogen and oxygen atoms in total. The van der Waals surface area contributed by atoms with Gasteiger partial charge in [-0.05, 0) is 19.1 Å². The van der Waals surface area contributed by atoms with Crippen molar-refractivity contribution in [2.75, 3.05) is 5.73 Å². The molecule has 14 heavy (non-hydrogen) atoms. The van der Waals surface area contributed by atoms with Gasteiger partial charge in [-0.2, -0.15) is 5.26 Å². The van der Waals surface area contributed by atoms with E-state index in [4.69, 9.17) is 16.1 Å². The summed E-state index contributed by atoms with van der Waals surface area (Å²) in [7, 11) is 0. The lowest BCUT2D eigenvalue weighted by Crippen LogP contribution is -2.18. The summed E-state index contributed by atoms with van der Waals surface area (Å²) < 4.78 is 0. The highest BCUT2D eigenvalue weighted by molar-refractivity contribution is 5.45. The van der Waals surface area contributed by atoms with Gasteiger partial charge in [0.1, 0.15) is 6.10 Å². The molecule has 0 aliphatic rings. The van der Waals surface area contributed by atoms with Crippen LogP contribution in [-0.2, 0) is 0 Å². The first-order chi connectivity index (χ1) is 6.56. The summed E-state index contributed by atoms with van der Waals surface area (Å²) in [4.78, 5) is 3.96. The third-order valence-corrected chi connectivity index (χ3v) is 1.81. The molecular formula is C9H11N3O2. The molecule has 0 aromatic carbocycles. The molecule has 1 aromatic rings. The molecule has 5 heteroatoms. The van der Waals surface area contributed by atoms with E-state index in [1.807, 2.05) is 0 Å². The molecule has 2 atom stereocenters. The number of aryl methyl sites for hydroxylation is 1. The van der Waals surface area contributed by atoms with Crippen LogP contribution < -0.4 is 5.73 Å². The van der Waals surface area contributed by atoms with E-state index < -0.39 is 12.2 Å². The van der Waals surface area contributed by atoms with Crippen molar-refractivity contribution in [3.8, 4) is 6.07 Å². The molecule has 0 fully saturated rings. The Morgan fingerprint density at radius 1 is 1.50 bits per heavy atom. The molecule has 4 N–H and O–H groups in total. The number of hydrogen-bond acceptors (Lipinski definition) is 5. The number of nitrogens with two attached hydrogens (primary N) is 1. The fourth-order valence-electron chi connectivity index (χ4n) is 1.04. The number of nitriles is 1. The summed E-state index contributed by atoms with van der Waals surface area (Å²) >= 11 is 0. The zero-order valence-electron chi connectivity index (χ0n) is 7.68. The van der Waals surface area contributed by atoms with Crippen LogP contribution in [0.5, 0.6) is 0 Å². The highest BCUT2D eigenvalue weighted by Gasteiger charge is 2.21. The number of nitrogen functional groups attached to an aromatic ring is 1. The molecule has 74 valence electrons. The first-order valence-electron chi connectivity index (χ1n) is 4.05. The van der Waals surface area contributed by atoms with Crippen LogP contribution in [0.2, 0.25) is 0 Å². The van der Waals surface area contributed by atoms with Gasteiger partial charge in [-0.25, -0.2) is 0 Å². The van der Waals surface area contributed by atoms with Gasteiger partial charge in [-0.15, -0.1) is 0 Å². The number of pyridine rings is 1. The lowest BCUT2D eigenvalue weighted by atomic mass is 10.1. The van der Waals surface area contributed by atoms with Gasteiger partial charge in [0.05, 0.1) is 17.5 Å². The normalized spacial score (nSPS) is 14.4. The molecule has 0 aliphatic heterocycles. The predicted molar refractivity (Wildman–Crippen MR) is 50.0 cm³/mol. The van der Waals surface area contributed by atoms with Crippen LogP contribution in [-0.4, -0.2) is 21.3 Å². The molecule has 0 bridgehead atoms. The third kappa shape index (κ3) is 1.99. The molecule has 1 aromatic heterocycles. The average molecular weight is 193 g/mol. The van der Waals surface area contributed by atoms with E-state index in [-0.39, 0.29) is 11.4 Å². The Labute approximate surface area is 81.4 Å². The van der Waals surface area contributed by atoms with Gasteiger partial charge >= 0.3 is 0 Å². The molecule has 0 amide bonds. The first kappa shape index (κ1) is 10.4. The summed E-state index contributed by atoms with van der Waals surface area (Å²) in [5.41, 5.74) is 6.60. The van der Waals surface area contributed by atoms with E-state index in [1.165, 1.54) is 6.07 Å². The topological polar surface area (TPSA) is 103 Å². The van der Waals surface area contributed by atoms with Crippen molar-refractivity contribution in [3.05, 3.63) is 23.5 Å². The number of nitrogens with zero attached hydrogens (tertiary/aromatic N) is 2. The maximum Gasteiger partial charge on any atom is 0.172 e. The van der Waals surface area contributed by atoms with Gasteiger partial charge in [-0.1, -0.05) is 0 Å². The van der Waals surface area contributed by atoms with Crippen molar-refractivity contribution in [2.24, 2.45) is 0 Å². The molecule has 0 saturated carbocycles. The third-order valence-electron chi connectivity index (χ3n) is 1.81. The van der Waals surface area contributed by atoms with Gasteiger partial charge in [0, 0.05) is 5.69 Å². The molecule has 1 heterocycles. The van der Waals surface area contributed by atoms with Gasteiger partial charge in [0.25, 0.3) is 0 Å². The second kappa shape index (κ2) is 4.05. The Bertz CT molecular complexity index is 373. The fourth-order valence-corrected chi connectivity index (χ4v) is 1.04. The van der Waals surface area contributed by atoms with Crippen molar-refractivity contribution in [2.45, 2.75) is 19.1 Å². The van der Waals surface area contributed by atoms with Crippen LogP contribution in [0.3, 0.4) is 0 Å². The highest BCUT2D eigenvalue weighted by atomic mass is 16.3. The van der Waals surface area contributed by atoms with Gasteiger partial charge in [-0.3, -0.25) is 4.98 Å². The van der Waals surface area contributed by atoms with Crippen LogP contribution in [0.1, 0.15) is 17.5 Å². The van der Waals surface area contributed by atoms with Crippen molar-refractivity contribution in [3.63, 3.8) is 0 Å². The molecule has 0 radical (unpaired) electrons. The summed E-state index contributed by atoms with van der Waals surface area (Å²) in [6.07, 6.45) is -2.87. The number of anilines is 1. The quantitative estimate of drug-likeness (QED) is 0.568. The monoisotopic (exact) mass is 193 g/mol. The van der Waals surface area contributed by atoms with Crippen molar-refractivity contribution >= 4 is 5.69 Å². The van der Waals surface area contributed by atoms with E-state index in [0.29, 0.717) is 5.69 Å². The minimum atomic E-state index is -1.51. The SMILES string of the molecule is Cc1ccc(N)c(C(O)C(O)C#N)n1. The van der Waals surface area contributed by atoms with Crippen LogP contribution >= 0.6 is 0 Å². The maximum absolute atomic E-state index is 9.48. The smallest absolute Gasteiger partial charge is 0.172 e. The van der Waals surface area contributed by atoms with Gasteiger partial charge in [0.15, 0.2) is 6.10 Å². The Morgan fingerprint density at radius 3 is 2.71 bits per heavy atom. The standard InChI is InChI=1S/C9H11N3O2/c1-5-2-3-6(11)8(12-5)9(14)7(13)4-10/h2-3,7,9,13-14H,11H2,1H3. The summed E-state index contributed by atoms with van der Waals surface area (Å²) in [5.74, 6) is 0. The van der Waals surface area contributed by atoms with E-state index in [2.05, 4.69) is 4.98 Å². The van der Waals surface area contributed by atoms with E-state index >= 15 is 0 Å². The number of aliphatic hydroxyl groups is 2. The Hall–Kier alpha value is -1.64. The van der Waals surface area contributed by atoms with Crippen LogP contribution in [0.4, 0.5) is 5.69 Å². The predicted octanol–water partition coefficient (Wildman–Crippen LogP) is -0.110. The Kier molecular flexibility index (Phi) is 3.02. The fraction of sp³-hybridized carbons (Fsp3) is 0.333. The van der Waals surface area contributed by atoms with E-state index in [1.54, 1.807) is 19.1 Å². The number of aliphatic hydroxyl groups excluding tert-OH is 2. The van der Waals surface area contributed by atoms with E-state index in [9.17, 15) is 5.11 Å². The summed E-state index contributed by atoms with van der Waals surface area (Å²) in [5, 5.41) is 27.0. The minimum absolute atomic E-state index is 0.138. The van der Waals surface area contributed by atoms with Crippen LogP contribution in [0, 0.1) is 18.3 Å². The Morgan fingerprint density at radius 2 is 2.14 bits per heavy atom. The number of hydrogen-bond donors (Lipinski definition) is 3. The van der Waals surface area contributed by atoms with Crippen molar-refractivity contribution < 1.29 is 10.2 Å².